The first-order valence-electron chi connectivity index (χ1n) is 11.6. The summed E-state index contributed by atoms with van der Waals surface area (Å²) >= 11 is 14.0. The molecule has 1 saturated carbocycles. The Hall–Kier alpha value is -2.41. The normalized spacial score (nSPS) is 15.1. The molecule has 0 radical (unpaired) electrons. The van der Waals surface area contributed by atoms with Crippen LogP contribution in [0.2, 0.25) is 10.0 Å². The highest BCUT2D eigenvalue weighted by Gasteiger charge is 2.45. The van der Waals surface area contributed by atoms with Gasteiger partial charge < -0.3 is 4.57 Å². The Morgan fingerprint density at radius 1 is 1.15 bits per heavy atom. The summed E-state index contributed by atoms with van der Waals surface area (Å²) in [7, 11) is 0. The summed E-state index contributed by atoms with van der Waals surface area (Å²) in [4.78, 5) is 25.4. The van der Waals surface area contributed by atoms with Gasteiger partial charge in [0.25, 0.3) is 0 Å². The predicted octanol–water partition coefficient (Wildman–Crippen LogP) is 7.04. The molecule has 0 spiro atoms. The second-order valence-corrected chi connectivity index (χ2v) is 10.9. The van der Waals surface area contributed by atoms with Gasteiger partial charge in [0, 0.05) is 35.5 Å². The van der Waals surface area contributed by atoms with E-state index in [1.807, 2.05) is 59.0 Å². The van der Waals surface area contributed by atoms with E-state index in [1.165, 1.54) is 11.3 Å². The number of thiazole rings is 1. The van der Waals surface area contributed by atoms with Gasteiger partial charge in [0.15, 0.2) is 5.13 Å². The zero-order chi connectivity index (χ0) is 23.7. The lowest BCUT2D eigenvalue weighted by Crippen LogP contribution is -2.46. The molecule has 1 aliphatic rings. The quantitative estimate of drug-likeness (QED) is 0.266. The van der Waals surface area contributed by atoms with Gasteiger partial charge >= 0.3 is 0 Å². The van der Waals surface area contributed by atoms with Crippen molar-refractivity contribution in [2.75, 3.05) is 11.4 Å². The van der Waals surface area contributed by atoms with Crippen LogP contribution in [0, 0.1) is 6.92 Å². The predicted molar refractivity (Wildman–Crippen MR) is 140 cm³/mol. The highest BCUT2D eigenvalue weighted by molar-refractivity contribution is 7.22. The van der Waals surface area contributed by atoms with Gasteiger partial charge in [0.05, 0.1) is 22.0 Å². The minimum atomic E-state index is -0.551. The molecule has 2 aromatic carbocycles. The topological polar surface area (TPSA) is 51.0 Å². The zero-order valence-corrected chi connectivity index (χ0v) is 21.3. The van der Waals surface area contributed by atoms with Crippen LogP contribution in [-0.4, -0.2) is 27.0 Å². The first kappa shape index (κ1) is 23.3. The molecule has 176 valence electrons. The molecule has 5 nitrogen and oxygen atoms in total. The first-order valence-corrected chi connectivity index (χ1v) is 13.1. The van der Waals surface area contributed by atoms with Crippen molar-refractivity contribution in [2.24, 2.45) is 0 Å². The van der Waals surface area contributed by atoms with E-state index in [1.54, 1.807) is 12.5 Å². The molecular formula is C26H26Cl2N4OS. The molecule has 0 N–H and O–H groups in total. The second kappa shape index (κ2) is 9.68. The van der Waals surface area contributed by atoms with E-state index in [4.69, 9.17) is 28.2 Å². The zero-order valence-electron chi connectivity index (χ0n) is 19.0. The molecule has 5 rings (SSSR count). The van der Waals surface area contributed by atoms with Crippen molar-refractivity contribution in [3.63, 3.8) is 0 Å². The van der Waals surface area contributed by atoms with Crippen LogP contribution in [-0.2, 0) is 16.8 Å². The number of fused-ring (bicyclic) bond motifs is 1. The largest absolute Gasteiger partial charge is 0.337 e. The van der Waals surface area contributed by atoms with Gasteiger partial charge in [-0.15, -0.1) is 0 Å². The molecule has 0 atom stereocenters. The van der Waals surface area contributed by atoms with Crippen molar-refractivity contribution in [2.45, 2.75) is 51.0 Å². The molecule has 0 aliphatic heterocycles. The third-order valence-corrected chi connectivity index (χ3v) is 8.23. The number of halogens is 2. The van der Waals surface area contributed by atoms with Crippen LogP contribution in [0.1, 0.15) is 43.2 Å². The number of aryl methyl sites for hydroxylation is 2. The molecule has 1 amide bonds. The van der Waals surface area contributed by atoms with Crippen LogP contribution in [0.4, 0.5) is 5.13 Å². The summed E-state index contributed by atoms with van der Waals surface area (Å²) in [6.45, 7) is 3.38. The van der Waals surface area contributed by atoms with Gasteiger partial charge in [-0.2, -0.15) is 0 Å². The second-order valence-electron chi connectivity index (χ2n) is 8.97. The minimum absolute atomic E-state index is 0.126. The van der Waals surface area contributed by atoms with Gasteiger partial charge in [0.1, 0.15) is 0 Å². The van der Waals surface area contributed by atoms with Crippen LogP contribution in [0.15, 0.2) is 55.1 Å². The molecule has 4 aromatic rings. The van der Waals surface area contributed by atoms with Crippen molar-refractivity contribution >= 4 is 55.8 Å². The lowest BCUT2D eigenvalue weighted by Gasteiger charge is -2.34. The average molecular weight is 513 g/mol. The number of aromatic nitrogens is 3. The Morgan fingerprint density at radius 2 is 1.91 bits per heavy atom. The number of nitrogens with zero attached hydrogens (tertiary/aromatic N) is 4. The maximum atomic E-state index is 14.4. The molecule has 1 aliphatic carbocycles. The van der Waals surface area contributed by atoms with Gasteiger partial charge in [0.2, 0.25) is 5.91 Å². The van der Waals surface area contributed by atoms with Gasteiger partial charge in [-0.05, 0) is 61.6 Å². The van der Waals surface area contributed by atoms with Crippen molar-refractivity contribution in [1.82, 2.24) is 14.5 Å². The van der Waals surface area contributed by atoms with Crippen LogP contribution in [0.5, 0.6) is 0 Å². The molecule has 1 fully saturated rings. The molecule has 0 saturated heterocycles. The SMILES string of the molecule is Cc1cc(Cl)cc2sc(N(CCCn3ccnc3)C(=O)C3(c4ccc(Cl)cc4)CCCC3)nc12. The maximum absolute atomic E-state index is 14.4. The van der Waals surface area contributed by atoms with E-state index in [9.17, 15) is 4.79 Å². The number of hydrogen-bond acceptors (Lipinski definition) is 4. The van der Waals surface area contributed by atoms with E-state index in [0.29, 0.717) is 16.6 Å². The highest BCUT2D eigenvalue weighted by Crippen LogP contribution is 2.44. The Labute approximate surface area is 213 Å². The van der Waals surface area contributed by atoms with Crippen molar-refractivity contribution in [3.05, 3.63) is 76.3 Å². The number of carbonyl (C=O) groups excluding carboxylic acids is 1. The standard InChI is InChI=1S/C26H26Cl2N4OS/c1-18-15-21(28)16-22-23(18)30-25(34-22)32(13-4-12-31-14-11-29-17-31)24(33)26(9-2-3-10-26)19-5-7-20(27)8-6-19/h5-8,11,14-17H,2-4,9-10,12-13H2,1H3. The van der Waals surface area contributed by atoms with Crippen LogP contribution < -0.4 is 4.90 Å². The summed E-state index contributed by atoms with van der Waals surface area (Å²) < 4.78 is 3.04. The monoisotopic (exact) mass is 512 g/mol. The van der Waals surface area contributed by atoms with Crippen molar-refractivity contribution in [3.8, 4) is 0 Å². The molecule has 2 aromatic heterocycles. The fraction of sp³-hybridized carbons (Fsp3) is 0.346. The molecular weight excluding hydrogens is 487 g/mol. The summed E-state index contributed by atoms with van der Waals surface area (Å²) in [5.74, 6) is 0.126. The van der Waals surface area contributed by atoms with E-state index in [0.717, 1.165) is 65.1 Å². The number of imidazole rings is 1. The van der Waals surface area contributed by atoms with Crippen molar-refractivity contribution in [1.29, 1.82) is 0 Å². The van der Waals surface area contributed by atoms with Crippen LogP contribution in [0.25, 0.3) is 10.2 Å². The maximum Gasteiger partial charge on any atom is 0.239 e. The number of amides is 1. The minimum Gasteiger partial charge on any atom is -0.337 e. The molecule has 34 heavy (non-hydrogen) atoms. The number of hydrogen-bond donors (Lipinski definition) is 0. The van der Waals surface area contributed by atoms with Crippen molar-refractivity contribution < 1.29 is 4.79 Å². The summed E-state index contributed by atoms with van der Waals surface area (Å²) in [5.41, 5.74) is 2.41. The number of carbonyl (C=O) groups is 1. The highest BCUT2D eigenvalue weighted by atomic mass is 35.5. The van der Waals surface area contributed by atoms with E-state index < -0.39 is 5.41 Å². The third-order valence-electron chi connectivity index (χ3n) is 6.74. The smallest absolute Gasteiger partial charge is 0.239 e. The van der Waals surface area contributed by atoms with Gasteiger partial charge in [-0.3, -0.25) is 9.69 Å². The fourth-order valence-corrected chi connectivity index (χ4v) is 6.58. The fourth-order valence-electron chi connectivity index (χ4n) is 5.00. The molecule has 0 unspecified atom stereocenters. The molecule has 0 bridgehead atoms. The van der Waals surface area contributed by atoms with Crippen LogP contribution in [0.3, 0.4) is 0 Å². The van der Waals surface area contributed by atoms with Gasteiger partial charge in [-0.25, -0.2) is 9.97 Å². The van der Waals surface area contributed by atoms with Gasteiger partial charge in [-0.1, -0.05) is 59.5 Å². The summed E-state index contributed by atoms with van der Waals surface area (Å²) in [6.07, 6.45) is 10.1. The first-order chi connectivity index (χ1) is 16.5. The Morgan fingerprint density at radius 3 is 2.62 bits per heavy atom. The average Bonchev–Trinajstić information content (AvgIpc) is 3.58. The Balaban J connectivity index is 1.53. The third kappa shape index (κ3) is 4.47. The molecule has 2 heterocycles. The number of anilines is 1. The van der Waals surface area contributed by atoms with E-state index in [-0.39, 0.29) is 5.91 Å². The number of benzene rings is 2. The summed E-state index contributed by atoms with van der Waals surface area (Å²) in [6, 6.07) is 11.6. The van der Waals surface area contributed by atoms with Crippen LogP contribution >= 0.6 is 34.5 Å². The summed E-state index contributed by atoms with van der Waals surface area (Å²) in [5, 5.41) is 2.10. The Bertz CT molecular complexity index is 1290. The lowest BCUT2D eigenvalue weighted by atomic mass is 9.77. The van der Waals surface area contributed by atoms with E-state index >= 15 is 0 Å². The Kier molecular flexibility index (Phi) is 6.65. The lowest BCUT2D eigenvalue weighted by molar-refractivity contribution is -0.124. The van der Waals surface area contributed by atoms with E-state index in [2.05, 4.69) is 4.98 Å². The molecule has 8 heteroatoms. The number of rotatable bonds is 7.